The number of unbranched alkanes of at least 4 members (excludes halogenated alkanes) is 1. The van der Waals surface area contributed by atoms with Gasteiger partial charge in [-0.05, 0) is 56.2 Å². The van der Waals surface area contributed by atoms with Gasteiger partial charge in [0.25, 0.3) is 5.91 Å². The first-order chi connectivity index (χ1) is 23.2. The van der Waals surface area contributed by atoms with Gasteiger partial charge in [-0.2, -0.15) is 0 Å². The van der Waals surface area contributed by atoms with Crippen LogP contribution < -0.4 is 10.2 Å². The molecule has 3 aliphatic heterocycles. The summed E-state index contributed by atoms with van der Waals surface area (Å²) in [6.07, 6.45) is 4.41. The molecule has 0 aromatic heterocycles. The lowest BCUT2D eigenvalue weighted by Gasteiger charge is -2.37. The molecule has 5 rings (SSSR count). The third-order valence-electron chi connectivity index (χ3n) is 9.64. The number of allylic oxidation sites excluding steroid dienone is 1. The van der Waals surface area contributed by atoms with E-state index in [2.05, 4.69) is 18.5 Å². The number of benzene rings is 2. The molecule has 2 aromatic rings. The second-order valence-electron chi connectivity index (χ2n) is 12.6. The Morgan fingerprint density at radius 1 is 1.17 bits per heavy atom. The van der Waals surface area contributed by atoms with E-state index in [0.29, 0.717) is 48.4 Å². The fourth-order valence-electron chi connectivity index (χ4n) is 7.51. The quantitative estimate of drug-likeness (QED) is 0.150. The highest BCUT2D eigenvalue weighted by molar-refractivity contribution is 6.34. The molecule has 3 fully saturated rings. The summed E-state index contributed by atoms with van der Waals surface area (Å²) in [5, 5.41) is 12.7. The number of amides is 3. The van der Waals surface area contributed by atoms with Crippen LogP contribution in [-0.4, -0.2) is 77.7 Å². The number of aliphatic hydroxyl groups is 1. The van der Waals surface area contributed by atoms with E-state index < -0.39 is 41.7 Å². The molecular weight excluding hydrogens is 634 g/mol. The summed E-state index contributed by atoms with van der Waals surface area (Å²) >= 11 is 6.64. The number of aliphatic hydroxyl groups excluding tert-OH is 1. The molecule has 0 unspecified atom stereocenters. The number of para-hydroxylation sites is 1. The van der Waals surface area contributed by atoms with Gasteiger partial charge in [0.05, 0.1) is 35.2 Å². The molecule has 2 bridgehead atoms. The van der Waals surface area contributed by atoms with Crippen LogP contribution in [0, 0.1) is 18.8 Å². The predicted octanol–water partition coefficient (Wildman–Crippen LogP) is 4.68. The fraction of sp³-hybridized carbons (Fsp3) is 0.459. The van der Waals surface area contributed by atoms with Crippen molar-refractivity contribution in [2.24, 2.45) is 11.8 Å². The number of likely N-dealkylation sites (tertiary alicyclic amines) is 1. The zero-order chi connectivity index (χ0) is 34.4. The van der Waals surface area contributed by atoms with E-state index in [-0.39, 0.29) is 50.4 Å². The number of halogens is 1. The maximum absolute atomic E-state index is 14.8. The van der Waals surface area contributed by atoms with Crippen LogP contribution in [0.1, 0.15) is 55.8 Å². The van der Waals surface area contributed by atoms with Crippen LogP contribution >= 0.6 is 11.6 Å². The van der Waals surface area contributed by atoms with Crippen molar-refractivity contribution >= 4 is 41.0 Å². The van der Waals surface area contributed by atoms with Crippen LogP contribution in [0.2, 0.25) is 5.02 Å². The van der Waals surface area contributed by atoms with E-state index in [1.807, 2.05) is 43.3 Å². The zero-order valence-corrected chi connectivity index (χ0v) is 28.1. The minimum atomic E-state index is -1.25. The molecule has 10 nitrogen and oxygen atoms in total. The lowest BCUT2D eigenvalue weighted by atomic mass is 9.70. The van der Waals surface area contributed by atoms with Gasteiger partial charge < -0.3 is 29.7 Å². The first-order valence-electron chi connectivity index (χ1n) is 16.6. The molecule has 0 saturated carbocycles. The molecule has 48 heavy (non-hydrogen) atoms. The monoisotopic (exact) mass is 677 g/mol. The van der Waals surface area contributed by atoms with E-state index in [4.69, 9.17) is 21.1 Å². The average Bonchev–Trinajstić information content (AvgIpc) is 3.72. The van der Waals surface area contributed by atoms with Crippen molar-refractivity contribution < 1.29 is 33.8 Å². The van der Waals surface area contributed by atoms with Gasteiger partial charge in [0.1, 0.15) is 17.7 Å². The second kappa shape index (κ2) is 15.5. The van der Waals surface area contributed by atoms with Crippen molar-refractivity contribution in [1.29, 1.82) is 0 Å². The smallest absolute Gasteiger partial charge is 0.313 e. The summed E-state index contributed by atoms with van der Waals surface area (Å²) in [5.74, 6) is -3.41. The lowest BCUT2D eigenvalue weighted by Crippen LogP contribution is -2.56. The molecular formula is C37H44ClN3O7. The molecule has 2 N–H and O–H groups in total. The maximum Gasteiger partial charge on any atom is 0.313 e. The number of hydrogen-bond acceptors (Lipinski definition) is 7. The van der Waals surface area contributed by atoms with Crippen LogP contribution in [0.5, 0.6) is 0 Å². The standard InChI is InChI=1S/C37H44ClN3O7/c1-4-6-17-29(43)39-23-28(25-14-8-7-9-15-25)47-36(46)30-27-18-19-37(48-27)31(30)34(44)41(21-10-11-22-42)33(37)35(45)40(20-5-2)32-24(3)13-12-16-26(32)38/h4-5,7-9,12-16,27-28,30-31,33,42H,1-2,6,10-11,17-23H2,3H3,(H,39,43)/t27-,28-,30+,31+,33-,37+/m1/s1. The Morgan fingerprint density at radius 2 is 1.94 bits per heavy atom. The van der Waals surface area contributed by atoms with Crippen molar-refractivity contribution in [3.05, 3.63) is 90.0 Å². The Hall–Kier alpha value is -3.99. The fourth-order valence-corrected chi connectivity index (χ4v) is 7.83. The van der Waals surface area contributed by atoms with Gasteiger partial charge in [0, 0.05) is 26.1 Å². The minimum Gasteiger partial charge on any atom is -0.455 e. The number of fused-ring (bicyclic) bond motifs is 1. The van der Waals surface area contributed by atoms with E-state index in [1.165, 1.54) is 4.90 Å². The van der Waals surface area contributed by atoms with Crippen molar-refractivity contribution in [3.8, 4) is 0 Å². The van der Waals surface area contributed by atoms with Crippen molar-refractivity contribution in [3.63, 3.8) is 0 Å². The van der Waals surface area contributed by atoms with Crippen molar-refractivity contribution in [1.82, 2.24) is 10.2 Å². The summed E-state index contributed by atoms with van der Waals surface area (Å²) in [7, 11) is 0. The molecule has 1 spiro atoms. The van der Waals surface area contributed by atoms with Crippen LogP contribution in [0.25, 0.3) is 0 Å². The van der Waals surface area contributed by atoms with Gasteiger partial charge >= 0.3 is 5.97 Å². The number of ether oxygens (including phenoxy) is 2. The summed E-state index contributed by atoms with van der Waals surface area (Å²) < 4.78 is 12.7. The van der Waals surface area contributed by atoms with Crippen LogP contribution in [-0.2, 0) is 28.7 Å². The largest absolute Gasteiger partial charge is 0.455 e. The topological polar surface area (TPSA) is 125 Å². The number of hydrogen-bond donors (Lipinski definition) is 2. The highest BCUT2D eigenvalue weighted by Gasteiger charge is 2.75. The lowest BCUT2D eigenvalue weighted by molar-refractivity contribution is -0.160. The van der Waals surface area contributed by atoms with E-state index in [0.717, 1.165) is 5.56 Å². The number of carbonyl (C=O) groups excluding carboxylic acids is 4. The van der Waals surface area contributed by atoms with Gasteiger partial charge in [0.15, 0.2) is 0 Å². The van der Waals surface area contributed by atoms with E-state index >= 15 is 0 Å². The van der Waals surface area contributed by atoms with Gasteiger partial charge in [-0.15, -0.1) is 13.2 Å². The molecule has 3 amide bonds. The number of nitrogens with one attached hydrogen (secondary N) is 1. The van der Waals surface area contributed by atoms with Crippen LogP contribution in [0.4, 0.5) is 5.69 Å². The second-order valence-corrected chi connectivity index (χ2v) is 13.0. The Labute approximate surface area is 286 Å². The molecule has 11 heteroatoms. The predicted molar refractivity (Wildman–Crippen MR) is 182 cm³/mol. The minimum absolute atomic E-state index is 0.0514. The number of esters is 1. The van der Waals surface area contributed by atoms with Gasteiger partial charge in [0.2, 0.25) is 11.8 Å². The number of rotatable bonds is 16. The molecule has 2 aromatic carbocycles. The van der Waals surface area contributed by atoms with Crippen molar-refractivity contribution in [2.75, 3.05) is 31.1 Å². The molecule has 3 saturated heterocycles. The van der Waals surface area contributed by atoms with Crippen molar-refractivity contribution in [2.45, 2.75) is 69.3 Å². The highest BCUT2D eigenvalue weighted by Crippen LogP contribution is 2.59. The van der Waals surface area contributed by atoms with Gasteiger partial charge in [-0.1, -0.05) is 66.2 Å². The SMILES string of the molecule is C=CCCC(=O)NC[C@@H](OC(=O)[C@@H]1[C@H]2C(=O)N(CCCCO)[C@H](C(=O)N(CC=C)c3c(C)cccc3Cl)[C@]23CC[C@H]1O3)c1ccccc1. The third kappa shape index (κ3) is 6.79. The number of carbonyl (C=O) groups is 4. The summed E-state index contributed by atoms with van der Waals surface area (Å²) in [4.78, 5) is 58.8. The Bertz CT molecular complexity index is 1510. The molecule has 0 radical (unpaired) electrons. The Balaban J connectivity index is 1.47. The van der Waals surface area contributed by atoms with Crippen LogP contribution in [0.15, 0.2) is 73.8 Å². The maximum atomic E-state index is 14.8. The molecule has 3 heterocycles. The van der Waals surface area contributed by atoms with E-state index in [9.17, 15) is 24.3 Å². The first kappa shape index (κ1) is 35.3. The normalized spacial score (nSPS) is 24.6. The highest BCUT2D eigenvalue weighted by atomic mass is 35.5. The molecule has 256 valence electrons. The Kier molecular flexibility index (Phi) is 11.4. The first-order valence-corrected chi connectivity index (χ1v) is 17.0. The zero-order valence-electron chi connectivity index (χ0n) is 27.3. The third-order valence-corrected chi connectivity index (χ3v) is 9.94. The van der Waals surface area contributed by atoms with Gasteiger partial charge in [-0.25, -0.2) is 0 Å². The summed E-state index contributed by atoms with van der Waals surface area (Å²) in [6, 6.07) is 13.5. The summed E-state index contributed by atoms with van der Waals surface area (Å²) in [5.41, 5.74) is 0.748. The average molecular weight is 678 g/mol. The number of aryl methyl sites for hydroxylation is 1. The van der Waals surface area contributed by atoms with E-state index in [1.54, 1.807) is 29.2 Å². The number of nitrogens with zero attached hydrogens (tertiary/aromatic N) is 2. The number of anilines is 1. The molecule has 3 aliphatic rings. The Morgan fingerprint density at radius 3 is 2.62 bits per heavy atom. The molecule has 6 atom stereocenters. The van der Waals surface area contributed by atoms with Gasteiger partial charge in [-0.3, -0.25) is 19.2 Å². The molecule has 0 aliphatic carbocycles. The van der Waals surface area contributed by atoms with Crippen LogP contribution in [0.3, 0.4) is 0 Å². The summed E-state index contributed by atoms with van der Waals surface area (Å²) in [6.45, 7) is 9.72.